The van der Waals surface area contributed by atoms with Gasteiger partial charge in [0, 0.05) is 20.2 Å². The molecule has 1 atom stereocenters. The van der Waals surface area contributed by atoms with Gasteiger partial charge in [-0.3, -0.25) is 9.69 Å². The molecule has 0 spiro atoms. The predicted octanol–water partition coefficient (Wildman–Crippen LogP) is 1.82. The highest BCUT2D eigenvalue weighted by Gasteiger charge is 2.14. The summed E-state index contributed by atoms with van der Waals surface area (Å²) in [5.74, 6) is -0.492. The Morgan fingerprint density at radius 1 is 1.39 bits per heavy atom. The van der Waals surface area contributed by atoms with Crippen molar-refractivity contribution in [1.29, 1.82) is 0 Å². The molecule has 100 valence electrons. The SMILES string of the molecule is COCCN(CC(=O)O)CC(C)c1ccccc1. The Hall–Kier alpha value is -1.39. The zero-order valence-corrected chi connectivity index (χ0v) is 11.0. The lowest BCUT2D eigenvalue weighted by atomic mass is 10.0. The maximum absolute atomic E-state index is 10.8. The number of carbonyl (C=O) groups is 1. The average Bonchev–Trinajstić information content (AvgIpc) is 2.36. The first-order chi connectivity index (χ1) is 8.63. The zero-order chi connectivity index (χ0) is 13.4. The summed E-state index contributed by atoms with van der Waals surface area (Å²) in [5.41, 5.74) is 1.23. The quantitative estimate of drug-likeness (QED) is 0.765. The molecule has 4 nitrogen and oxygen atoms in total. The molecule has 1 unspecified atom stereocenters. The van der Waals surface area contributed by atoms with Crippen LogP contribution in [0.15, 0.2) is 30.3 Å². The van der Waals surface area contributed by atoms with E-state index in [4.69, 9.17) is 9.84 Å². The Morgan fingerprint density at radius 3 is 2.61 bits per heavy atom. The normalized spacial score (nSPS) is 12.6. The van der Waals surface area contributed by atoms with Crippen molar-refractivity contribution in [2.75, 3.05) is 33.4 Å². The molecule has 0 fully saturated rings. The number of hydrogen-bond acceptors (Lipinski definition) is 3. The van der Waals surface area contributed by atoms with Gasteiger partial charge in [0.25, 0.3) is 0 Å². The van der Waals surface area contributed by atoms with Gasteiger partial charge in [0.1, 0.15) is 0 Å². The standard InChI is InChI=1S/C14H21NO3/c1-12(13-6-4-3-5-7-13)10-15(8-9-18-2)11-14(16)17/h3-7,12H,8-11H2,1-2H3,(H,16,17). The Kier molecular flexibility index (Phi) is 6.39. The summed E-state index contributed by atoms with van der Waals surface area (Å²) in [6.07, 6.45) is 0. The monoisotopic (exact) mass is 251 g/mol. The molecule has 0 aliphatic rings. The number of rotatable bonds is 8. The van der Waals surface area contributed by atoms with Gasteiger partial charge in [-0.05, 0) is 11.5 Å². The molecule has 0 radical (unpaired) electrons. The van der Waals surface area contributed by atoms with E-state index in [0.29, 0.717) is 19.1 Å². The Bertz CT molecular complexity index is 353. The second-order valence-corrected chi connectivity index (χ2v) is 4.43. The molecule has 1 N–H and O–H groups in total. The van der Waals surface area contributed by atoms with Crippen molar-refractivity contribution >= 4 is 5.97 Å². The lowest BCUT2D eigenvalue weighted by Gasteiger charge is -2.24. The number of carboxylic acids is 1. The van der Waals surface area contributed by atoms with E-state index in [-0.39, 0.29) is 6.54 Å². The van der Waals surface area contributed by atoms with Crippen LogP contribution >= 0.6 is 0 Å². The lowest BCUT2D eigenvalue weighted by molar-refractivity contribution is -0.138. The highest BCUT2D eigenvalue weighted by Crippen LogP contribution is 2.15. The minimum atomic E-state index is -0.800. The summed E-state index contributed by atoms with van der Waals surface area (Å²) in [6, 6.07) is 10.1. The van der Waals surface area contributed by atoms with Crippen molar-refractivity contribution in [2.45, 2.75) is 12.8 Å². The van der Waals surface area contributed by atoms with Gasteiger partial charge in [-0.1, -0.05) is 37.3 Å². The number of benzene rings is 1. The van der Waals surface area contributed by atoms with Crippen LogP contribution in [0.4, 0.5) is 0 Å². The molecule has 1 aromatic carbocycles. The number of carboxylic acid groups (broad SMARTS) is 1. The van der Waals surface area contributed by atoms with Crippen molar-refractivity contribution < 1.29 is 14.6 Å². The van der Waals surface area contributed by atoms with E-state index in [2.05, 4.69) is 19.1 Å². The van der Waals surface area contributed by atoms with Gasteiger partial charge in [-0.25, -0.2) is 0 Å². The molecule has 1 rings (SSSR count). The summed E-state index contributed by atoms with van der Waals surface area (Å²) in [7, 11) is 1.62. The van der Waals surface area contributed by atoms with Gasteiger partial charge in [-0.15, -0.1) is 0 Å². The fourth-order valence-electron chi connectivity index (χ4n) is 1.92. The van der Waals surface area contributed by atoms with Crippen LogP contribution in [0.25, 0.3) is 0 Å². The maximum atomic E-state index is 10.8. The average molecular weight is 251 g/mol. The van der Waals surface area contributed by atoms with Crippen LogP contribution in [0.1, 0.15) is 18.4 Å². The third-order valence-electron chi connectivity index (χ3n) is 2.87. The minimum absolute atomic E-state index is 0.0561. The summed E-state index contributed by atoms with van der Waals surface area (Å²) in [5, 5.41) is 8.88. The van der Waals surface area contributed by atoms with Crippen LogP contribution < -0.4 is 0 Å². The highest BCUT2D eigenvalue weighted by molar-refractivity contribution is 5.69. The summed E-state index contributed by atoms with van der Waals surface area (Å²) in [6.45, 7) is 4.08. The zero-order valence-electron chi connectivity index (χ0n) is 11.0. The van der Waals surface area contributed by atoms with E-state index in [1.165, 1.54) is 5.56 Å². The van der Waals surface area contributed by atoms with Crippen LogP contribution in [-0.4, -0.2) is 49.3 Å². The number of ether oxygens (including phenoxy) is 1. The van der Waals surface area contributed by atoms with E-state index in [0.717, 1.165) is 6.54 Å². The van der Waals surface area contributed by atoms with Crippen LogP contribution in [-0.2, 0) is 9.53 Å². The van der Waals surface area contributed by atoms with Gasteiger partial charge < -0.3 is 9.84 Å². The molecular formula is C14H21NO3. The van der Waals surface area contributed by atoms with Gasteiger partial charge in [-0.2, -0.15) is 0 Å². The maximum Gasteiger partial charge on any atom is 0.317 e. The number of nitrogens with zero attached hydrogens (tertiary/aromatic N) is 1. The molecule has 0 aliphatic carbocycles. The molecule has 0 saturated carbocycles. The Balaban J connectivity index is 2.56. The van der Waals surface area contributed by atoms with Gasteiger partial charge in [0.15, 0.2) is 0 Å². The molecule has 0 heterocycles. The third-order valence-corrected chi connectivity index (χ3v) is 2.87. The van der Waals surface area contributed by atoms with Gasteiger partial charge in [0.05, 0.1) is 13.2 Å². The first-order valence-corrected chi connectivity index (χ1v) is 6.11. The molecule has 4 heteroatoms. The fraction of sp³-hybridized carbons (Fsp3) is 0.500. The number of hydrogen-bond donors (Lipinski definition) is 1. The first-order valence-electron chi connectivity index (χ1n) is 6.11. The van der Waals surface area contributed by atoms with Crippen LogP contribution in [0.3, 0.4) is 0 Å². The first kappa shape index (κ1) is 14.7. The molecule has 0 amide bonds. The molecule has 0 saturated heterocycles. The van der Waals surface area contributed by atoms with E-state index >= 15 is 0 Å². The van der Waals surface area contributed by atoms with Gasteiger partial charge in [0.2, 0.25) is 0 Å². The largest absolute Gasteiger partial charge is 0.480 e. The van der Waals surface area contributed by atoms with E-state index in [1.54, 1.807) is 7.11 Å². The van der Waals surface area contributed by atoms with Crippen LogP contribution in [0, 0.1) is 0 Å². The smallest absolute Gasteiger partial charge is 0.317 e. The number of methoxy groups -OCH3 is 1. The van der Waals surface area contributed by atoms with Crippen molar-refractivity contribution in [1.82, 2.24) is 4.90 Å². The second-order valence-electron chi connectivity index (χ2n) is 4.43. The molecule has 18 heavy (non-hydrogen) atoms. The molecule has 0 bridgehead atoms. The minimum Gasteiger partial charge on any atom is -0.480 e. The van der Waals surface area contributed by atoms with Crippen molar-refractivity contribution in [3.8, 4) is 0 Å². The molecular weight excluding hydrogens is 230 g/mol. The lowest BCUT2D eigenvalue weighted by Crippen LogP contribution is -2.35. The Labute approximate surface area is 108 Å². The molecule has 1 aromatic rings. The van der Waals surface area contributed by atoms with E-state index in [9.17, 15) is 4.79 Å². The highest BCUT2D eigenvalue weighted by atomic mass is 16.5. The van der Waals surface area contributed by atoms with E-state index < -0.39 is 5.97 Å². The van der Waals surface area contributed by atoms with Crippen molar-refractivity contribution in [3.63, 3.8) is 0 Å². The molecule has 0 aliphatic heterocycles. The summed E-state index contributed by atoms with van der Waals surface area (Å²) < 4.78 is 5.01. The van der Waals surface area contributed by atoms with Crippen LogP contribution in [0.5, 0.6) is 0 Å². The Morgan fingerprint density at radius 2 is 2.06 bits per heavy atom. The van der Waals surface area contributed by atoms with E-state index in [1.807, 2.05) is 23.1 Å². The number of aliphatic carboxylic acids is 1. The third kappa shape index (κ3) is 5.29. The van der Waals surface area contributed by atoms with Crippen molar-refractivity contribution in [2.24, 2.45) is 0 Å². The van der Waals surface area contributed by atoms with Gasteiger partial charge >= 0.3 is 5.97 Å². The second kappa shape index (κ2) is 7.84. The molecule has 0 aromatic heterocycles. The predicted molar refractivity (Wildman–Crippen MR) is 70.8 cm³/mol. The topological polar surface area (TPSA) is 49.8 Å². The van der Waals surface area contributed by atoms with Crippen molar-refractivity contribution in [3.05, 3.63) is 35.9 Å². The van der Waals surface area contributed by atoms with Crippen LogP contribution in [0.2, 0.25) is 0 Å². The fourth-order valence-corrected chi connectivity index (χ4v) is 1.92. The summed E-state index contributed by atoms with van der Waals surface area (Å²) >= 11 is 0. The summed E-state index contributed by atoms with van der Waals surface area (Å²) in [4.78, 5) is 12.7.